The maximum absolute atomic E-state index is 13.0. The van der Waals surface area contributed by atoms with Gasteiger partial charge >= 0.3 is 16.4 Å². The van der Waals surface area contributed by atoms with Gasteiger partial charge in [0, 0.05) is 13.0 Å². The highest BCUT2D eigenvalue weighted by Gasteiger charge is 2.48. The van der Waals surface area contributed by atoms with Crippen LogP contribution in [-0.4, -0.2) is 97.5 Å². The number of hydrogen-bond acceptors (Lipinski definition) is 11. The highest BCUT2D eigenvalue weighted by atomic mass is 32.3. The van der Waals surface area contributed by atoms with Crippen LogP contribution in [0.25, 0.3) is 0 Å². The first-order valence-electron chi connectivity index (χ1n) is 30.8. The van der Waals surface area contributed by atoms with Gasteiger partial charge in [0.1, 0.15) is 30.5 Å². The average Bonchev–Trinajstić information content (AvgIpc) is 3.36. The summed E-state index contributed by atoms with van der Waals surface area (Å²) >= 11 is 0. The van der Waals surface area contributed by atoms with Gasteiger partial charge in [-0.2, -0.15) is 8.42 Å². The second-order valence-corrected chi connectivity index (χ2v) is 22.7. The summed E-state index contributed by atoms with van der Waals surface area (Å²) in [5.74, 6) is -0.388. The van der Waals surface area contributed by atoms with Crippen molar-refractivity contribution in [3.05, 3.63) is 0 Å². The molecule has 0 aromatic carbocycles. The van der Waals surface area contributed by atoms with Crippen LogP contribution in [-0.2, 0) is 38.3 Å². The molecule has 1 fully saturated rings. The lowest BCUT2D eigenvalue weighted by molar-refractivity contribution is -0.301. The Labute approximate surface area is 443 Å². The molecule has 6 atom stereocenters. The van der Waals surface area contributed by atoms with Gasteiger partial charge in [-0.25, -0.2) is 4.18 Å². The van der Waals surface area contributed by atoms with Crippen LogP contribution in [0.5, 0.6) is 0 Å². The monoisotopic (exact) mass is 1050 g/mol. The number of carbonyl (C=O) groups is 1. The second kappa shape index (κ2) is 50.9. The standard InChI is InChI=1S/C59H116O12S/c1-3-5-7-9-11-13-15-17-19-21-23-25-26-27-29-31-33-35-37-39-41-43-45-47-49-67-51-53(52-68-59-57(63)58(71-72(64,65)66)56(62)54(50-60)70-59)69-55(61)48-46-44-42-40-38-36-34-32-30-28-24-22-20-18-16-14-12-10-8-6-4-2/h53-54,56-60,62-63H,3-52H2,1-2H3,(H,64,65,66). The summed E-state index contributed by atoms with van der Waals surface area (Å²) in [6.07, 6.45) is 50.1. The molecule has 1 rings (SSSR count). The van der Waals surface area contributed by atoms with Gasteiger partial charge in [0.2, 0.25) is 0 Å². The van der Waals surface area contributed by atoms with Crippen molar-refractivity contribution in [2.45, 2.75) is 346 Å². The van der Waals surface area contributed by atoms with Gasteiger partial charge in [0.15, 0.2) is 6.29 Å². The van der Waals surface area contributed by atoms with E-state index in [0.717, 1.165) is 38.5 Å². The van der Waals surface area contributed by atoms with E-state index in [1.165, 1.54) is 244 Å². The van der Waals surface area contributed by atoms with Crippen molar-refractivity contribution >= 4 is 16.4 Å². The van der Waals surface area contributed by atoms with Gasteiger partial charge in [-0.3, -0.25) is 9.35 Å². The number of aliphatic hydroxyl groups is 3. The zero-order valence-electron chi connectivity index (χ0n) is 46.8. The highest BCUT2D eigenvalue weighted by Crippen LogP contribution is 2.26. The molecule has 0 radical (unpaired) electrons. The minimum atomic E-state index is -5.06. The summed E-state index contributed by atoms with van der Waals surface area (Å²) in [4.78, 5) is 13.0. The molecule has 0 amide bonds. The predicted molar refractivity (Wildman–Crippen MR) is 295 cm³/mol. The maximum Gasteiger partial charge on any atom is 0.397 e. The van der Waals surface area contributed by atoms with Crippen LogP contribution in [0.1, 0.15) is 309 Å². The summed E-state index contributed by atoms with van der Waals surface area (Å²) in [5.41, 5.74) is 0. The van der Waals surface area contributed by atoms with Crippen LogP contribution in [0.15, 0.2) is 0 Å². The fourth-order valence-electron chi connectivity index (χ4n) is 10.1. The van der Waals surface area contributed by atoms with E-state index in [1.54, 1.807) is 0 Å². The normalized spacial score (nSPS) is 18.8. The first-order valence-corrected chi connectivity index (χ1v) is 32.2. The van der Waals surface area contributed by atoms with Gasteiger partial charge in [-0.05, 0) is 12.8 Å². The Bertz CT molecular complexity index is 1260. The van der Waals surface area contributed by atoms with Gasteiger partial charge in [0.25, 0.3) is 0 Å². The van der Waals surface area contributed by atoms with Gasteiger partial charge < -0.3 is 34.3 Å². The topological polar surface area (TPSA) is 178 Å². The highest BCUT2D eigenvalue weighted by molar-refractivity contribution is 7.80. The molecule has 12 nitrogen and oxygen atoms in total. The van der Waals surface area contributed by atoms with Crippen molar-refractivity contribution in [1.82, 2.24) is 0 Å². The van der Waals surface area contributed by atoms with Gasteiger partial charge in [-0.15, -0.1) is 0 Å². The molecule has 1 aliphatic rings. The molecule has 0 saturated carbocycles. The van der Waals surface area contributed by atoms with Crippen molar-refractivity contribution in [1.29, 1.82) is 0 Å². The first kappa shape index (κ1) is 69.1. The molecule has 1 aliphatic heterocycles. The van der Waals surface area contributed by atoms with E-state index < -0.39 is 53.8 Å². The number of unbranched alkanes of at least 4 members (excludes halogenated alkanes) is 43. The maximum atomic E-state index is 13.0. The fraction of sp³-hybridized carbons (Fsp3) is 0.983. The van der Waals surface area contributed by atoms with Crippen LogP contribution >= 0.6 is 0 Å². The van der Waals surface area contributed by atoms with E-state index in [2.05, 4.69) is 18.0 Å². The molecular weight excluding hydrogens is 933 g/mol. The minimum absolute atomic E-state index is 0.0459. The second-order valence-electron chi connectivity index (χ2n) is 21.7. The van der Waals surface area contributed by atoms with Crippen LogP contribution in [0.2, 0.25) is 0 Å². The Kier molecular flexibility index (Phi) is 48.9. The quantitative estimate of drug-likeness (QED) is 0.0258. The SMILES string of the molecule is CCCCCCCCCCCCCCCCCCCCCCCCCCOCC(COC1OC(CO)C(O)C(OS(=O)(=O)O)C1O)OC(=O)CCCCCCCCCCCCCCCCCCCCCCC. The number of esters is 1. The zero-order chi connectivity index (χ0) is 52.4. The van der Waals surface area contributed by atoms with Crippen molar-refractivity contribution < 1.29 is 56.2 Å². The van der Waals surface area contributed by atoms with E-state index in [9.17, 15) is 33.1 Å². The average molecular weight is 1050 g/mol. The first-order chi connectivity index (χ1) is 35.1. The molecule has 0 bridgehead atoms. The molecule has 1 saturated heterocycles. The Hall–Kier alpha value is -0.900. The summed E-state index contributed by atoms with van der Waals surface area (Å²) in [6.45, 7) is 4.09. The lowest BCUT2D eigenvalue weighted by atomic mass is 9.99. The third kappa shape index (κ3) is 43.2. The van der Waals surface area contributed by atoms with Crippen LogP contribution in [0, 0.1) is 0 Å². The van der Waals surface area contributed by atoms with Crippen LogP contribution in [0.4, 0.5) is 0 Å². The fourth-order valence-corrected chi connectivity index (χ4v) is 10.6. The van der Waals surface area contributed by atoms with Crippen molar-refractivity contribution in [2.24, 2.45) is 0 Å². The summed E-state index contributed by atoms with van der Waals surface area (Å²) in [6, 6.07) is 0. The number of hydrogen-bond donors (Lipinski definition) is 4. The molecule has 0 spiro atoms. The Morgan fingerprint density at radius 1 is 0.472 bits per heavy atom. The lowest BCUT2D eigenvalue weighted by Gasteiger charge is -2.41. The molecule has 13 heteroatoms. The molecule has 0 aromatic heterocycles. The number of rotatable bonds is 56. The van der Waals surface area contributed by atoms with Crippen molar-refractivity contribution in [3.8, 4) is 0 Å². The molecule has 6 unspecified atom stereocenters. The molecular formula is C59H116O12S. The molecule has 430 valence electrons. The molecule has 4 N–H and O–H groups in total. The Balaban J connectivity index is 2.24. The molecule has 0 aromatic rings. The van der Waals surface area contributed by atoms with Gasteiger partial charge in [-0.1, -0.05) is 290 Å². The summed E-state index contributed by atoms with van der Waals surface area (Å²) in [5, 5.41) is 30.9. The molecule has 1 heterocycles. The number of carbonyl (C=O) groups excluding carboxylic acids is 1. The van der Waals surface area contributed by atoms with E-state index >= 15 is 0 Å². The van der Waals surface area contributed by atoms with E-state index in [1.807, 2.05) is 0 Å². The third-order valence-corrected chi connectivity index (χ3v) is 15.2. The smallest absolute Gasteiger partial charge is 0.397 e. The minimum Gasteiger partial charge on any atom is -0.457 e. The van der Waals surface area contributed by atoms with E-state index in [0.29, 0.717) is 13.0 Å². The number of aliphatic hydroxyl groups excluding tert-OH is 3. The van der Waals surface area contributed by atoms with E-state index in [-0.39, 0.29) is 25.6 Å². The molecule has 0 aliphatic carbocycles. The number of ether oxygens (including phenoxy) is 4. The van der Waals surface area contributed by atoms with Crippen LogP contribution < -0.4 is 0 Å². The molecule has 72 heavy (non-hydrogen) atoms. The van der Waals surface area contributed by atoms with Crippen LogP contribution in [0.3, 0.4) is 0 Å². The van der Waals surface area contributed by atoms with Crippen molar-refractivity contribution in [2.75, 3.05) is 26.4 Å². The summed E-state index contributed by atoms with van der Waals surface area (Å²) < 4.78 is 59.5. The predicted octanol–water partition coefficient (Wildman–Crippen LogP) is 15.5. The summed E-state index contributed by atoms with van der Waals surface area (Å²) in [7, 11) is -5.06. The van der Waals surface area contributed by atoms with Crippen molar-refractivity contribution in [3.63, 3.8) is 0 Å². The lowest BCUT2D eigenvalue weighted by Crippen LogP contribution is -2.60. The largest absolute Gasteiger partial charge is 0.457 e. The van der Waals surface area contributed by atoms with E-state index in [4.69, 9.17) is 18.9 Å². The Morgan fingerprint density at radius 2 is 0.792 bits per heavy atom. The zero-order valence-corrected chi connectivity index (χ0v) is 47.6. The van der Waals surface area contributed by atoms with Gasteiger partial charge in [0.05, 0.1) is 19.8 Å². The third-order valence-electron chi connectivity index (χ3n) is 14.7. The Morgan fingerprint density at radius 3 is 1.11 bits per heavy atom.